The molecule has 0 aliphatic carbocycles. The molecule has 1 unspecified atom stereocenters. The number of rotatable bonds is 34. The molecule has 7 rings (SSSR count). The first kappa shape index (κ1) is 73.7. The Bertz CT molecular complexity index is 3610. The van der Waals surface area contributed by atoms with Gasteiger partial charge in [-0.3, -0.25) is 44.0 Å². The van der Waals surface area contributed by atoms with Crippen molar-refractivity contribution in [3.05, 3.63) is 159 Å². The van der Waals surface area contributed by atoms with Crippen molar-refractivity contribution in [1.29, 1.82) is 0 Å². The number of carbonyl (C=O) groups is 6. The van der Waals surface area contributed by atoms with E-state index < -0.39 is 80.2 Å². The first-order valence-electron chi connectivity index (χ1n) is 31.4. The molecule has 0 bridgehead atoms. The van der Waals surface area contributed by atoms with Crippen molar-refractivity contribution in [3.63, 3.8) is 0 Å². The molecule has 95 heavy (non-hydrogen) atoms. The van der Waals surface area contributed by atoms with Gasteiger partial charge in [0, 0.05) is 55.1 Å². The molecule has 0 radical (unpaired) electrons. The molecule has 1 fully saturated rings. The maximum absolute atomic E-state index is 14.6. The van der Waals surface area contributed by atoms with Crippen LogP contribution in [0.3, 0.4) is 0 Å². The number of carbonyl (C=O) groups excluding carboxylic acids is 6. The van der Waals surface area contributed by atoms with Gasteiger partial charge in [-0.2, -0.15) is 18.2 Å². The third-order valence-electron chi connectivity index (χ3n) is 15.8. The van der Waals surface area contributed by atoms with Gasteiger partial charge >= 0.3 is 18.1 Å². The van der Waals surface area contributed by atoms with E-state index in [0.717, 1.165) is 54.3 Å². The minimum Gasteiger partial charge on any atom is -0.497 e. The lowest BCUT2D eigenvalue weighted by Gasteiger charge is -2.38. The van der Waals surface area contributed by atoms with Gasteiger partial charge in [-0.15, -0.1) is 0 Å². The number of nitrogens with zero attached hydrogens (tertiary/aromatic N) is 7. The summed E-state index contributed by atoms with van der Waals surface area (Å²) < 4.78 is 80.8. The second-order valence-electron chi connectivity index (χ2n) is 23.6. The van der Waals surface area contributed by atoms with Crippen LogP contribution >= 0.6 is 8.53 Å². The van der Waals surface area contributed by atoms with Crippen LogP contribution in [0.15, 0.2) is 114 Å². The number of aromatic amines is 1. The number of esters is 1. The lowest BCUT2D eigenvalue weighted by molar-refractivity contribution is -0.170. The van der Waals surface area contributed by atoms with Crippen molar-refractivity contribution < 1.29 is 69.9 Å². The third kappa shape index (κ3) is 19.7. The number of H-pyrrole nitrogens is 1. The number of anilines is 2. The van der Waals surface area contributed by atoms with Gasteiger partial charge in [-0.1, -0.05) is 81.3 Å². The van der Waals surface area contributed by atoms with E-state index in [1.54, 1.807) is 28.1 Å². The number of aromatic nitrogens is 4. The van der Waals surface area contributed by atoms with Crippen LogP contribution in [-0.2, 0) is 54.6 Å². The molecule has 1 saturated heterocycles. The minimum atomic E-state index is -5.36. The number of hydrogen-bond acceptors (Lipinski definition) is 17. The van der Waals surface area contributed by atoms with Crippen LogP contribution in [0.25, 0.3) is 16.0 Å². The summed E-state index contributed by atoms with van der Waals surface area (Å²) in [7, 11) is 2.69. The maximum atomic E-state index is 14.6. The molecule has 23 nitrogen and oxygen atoms in total. The number of hydrogen-bond donors (Lipinski definition) is 3. The smallest absolute Gasteiger partial charge is 0.471 e. The number of ketones is 1. The molecule has 0 saturated carbocycles. The standard InChI is InChI=1S/C68H82F3N10O13P/c1-43(2)61(84)77-66-76-60-59(63(86)78-66)74-50(39-73-60)40-80(65(88)68(69,70)71)51-28-22-46(23-29-51)62(85)75-57(64(87)91-10)35-30-53(82)20-16-11-12-17-21-58(83)79-41-56(94-95(93-37-36-72-7)81(44(3)4)45(5)6)38-52(79)42-92-67(47-18-14-13-15-19-47,48-24-31-54(89-8)32-25-48)49-26-33-55(90-9)34-27-49/h13-15,18-19,22-29,31-34,39,43-45,52,56-57H,11-12,16-17,20-21,30,35-38,40-42H2,1-6,8-10H3,(H,75,85)(H2,73,76,77,78,84,86)/t52-,56+,57-,95?/m0/s1. The predicted molar refractivity (Wildman–Crippen MR) is 350 cm³/mol. The molecule has 4 aromatic carbocycles. The van der Waals surface area contributed by atoms with Crippen LogP contribution in [0.5, 0.6) is 11.5 Å². The highest BCUT2D eigenvalue weighted by molar-refractivity contribution is 7.44. The second-order valence-corrected chi connectivity index (χ2v) is 25.0. The van der Waals surface area contributed by atoms with Crippen molar-refractivity contribution in [1.82, 2.24) is 34.8 Å². The van der Waals surface area contributed by atoms with Crippen LogP contribution in [0.4, 0.5) is 24.8 Å². The zero-order valence-corrected chi connectivity index (χ0v) is 55.7. The SMILES string of the molecule is [C-]#[N+]CCOP(O[C@@H]1C[C@@H](COC(c2ccccc2)(c2ccc(OC)cc2)c2ccc(OC)cc2)N(C(=O)CCCCCCC(=O)CC[C@H](NC(=O)c2ccc(N(Cc3cnc4nc(NC(=O)C(C)C)[nH]c(=O)c4n3)C(=O)C(F)(F)F)cc2)C(=O)OC)C1)N(C(C)C)C(C)C. The second kappa shape index (κ2) is 34.6. The number of amides is 4. The van der Waals surface area contributed by atoms with Gasteiger partial charge in [-0.05, 0) is 119 Å². The van der Waals surface area contributed by atoms with E-state index in [1.165, 1.54) is 0 Å². The Balaban J connectivity index is 0.976. The molecule has 3 heterocycles. The molecular weight excluding hydrogens is 1250 g/mol. The van der Waals surface area contributed by atoms with Gasteiger partial charge < -0.3 is 43.1 Å². The minimum absolute atomic E-state index is 0.0516. The Morgan fingerprint density at radius 3 is 1.97 bits per heavy atom. The summed E-state index contributed by atoms with van der Waals surface area (Å²) in [6, 6.07) is 28.2. The average molecular weight is 1340 g/mol. The Hall–Kier alpha value is -8.73. The number of alkyl halides is 3. The monoisotopic (exact) mass is 1330 g/mol. The summed E-state index contributed by atoms with van der Waals surface area (Å²) in [4.78, 5) is 112. The van der Waals surface area contributed by atoms with E-state index in [9.17, 15) is 46.7 Å². The topological polar surface area (TPSA) is 267 Å². The van der Waals surface area contributed by atoms with Gasteiger partial charge in [0.05, 0.1) is 58.5 Å². The molecule has 508 valence electrons. The number of likely N-dealkylation sites (tertiary alicyclic amines) is 1. The molecule has 27 heteroatoms. The summed E-state index contributed by atoms with van der Waals surface area (Å²) in [6.07, 6.45) is -1.98. The predicted octanol–water partition coefficient (Wildman–Crippen LogP) is 10.7. The van der Waals surface area contributed by atoms with Crippen LogP contribution in [-0.4, -0.2) is 149 Å². The number of halogens is 3. The zero-order valence-electron chi connectivity index (χ0n) is 54.8. The summed E-state index contributed by atoms with van der Waals surface area (Å²) >= 11 is 0. The third-order valence-corrected chi connectivity index (χ3v) is 18.0. The van der Waals surface area contributed by atoms with Crippen molar-refractivity contribution in [2.75, 3.05) is 57.8 Å². The van der Waals surface area contributed by atoms with Gasteiger partial charge in [0.1, 0.15) is 35.5 Å². The molecule has 6 aromatic rings. The molecule has 1 aliphatic rings. The highest BCUT2D eigenvalue weighted by Crippen LogP contribution is 2.49. The van der Waals surface area contributed by atoms with Crippen LogP contribution in [0.1, 0.15) is 132 Å². The van der Waals surface area contributed by atoms with Crippen LogP contribution < -0.4 is 30.6 Å². The number of fused-ring (bicyclic) bond motifs is 1. The summed E-state index contributed by atoms with van der Waals surface area (Å²) in [5, 5.41) is 4.96. The molecule has 0 spiro atoms. The Morgan fingerprint density at radius 2 is 1.40 bits per heavy atom. The van der Waals surface area contributed by atoms with E-state index in [2.05, 4.69) is 67.8 Å². The Morgan fingerprint density at radius 1 is 0.789 bits per heavy atom. The van der Waals surface area contributed by atoms with Gasteiger partial charge in [0.15, 0.2) is 11.2 Å². The van der Waals surface area contributed by atoms with Crippen molar-refractivity contribution >= 4 is 66.7 Å². The molecule has 3 N–H and O–H groups in total. The van der Waals surface area contributed by atoms with Crippen molar-refractivity contribution in [2.45, 2.75) is 148 Å². The highest BCUT2D eigenvalue weighted by atomic mass is 31.2. The summed E-state index contributed by atoms with van der Waals surface area (Å²) in [6.45, 7) is 18.8. The van der Waals surface area contributed by atoms with Crippen molar-refractivity contribution in [2.24, 2.45) is 5.92 Å². The fourth-order valence-electron chi connectivity index (χ4n) is 11.0. The fraction of sp³-hybridized carbons (Fsp3) is 0.456. The Kier molecular flexibility index (Phi) is 26.8. The van der Waals surface area contributed by atoms with E-state index in [-0.39, 0.29) is 110 Å². The van der Waals surface area contributed by atoms with Gasteiger partial charge in [0.25, 0.3) is 20.0 Å². The average Bonchev–Trinajstić information content (AvgIpc) is 1.12. The number of unbranched alkanes of at least 4 members (excludes halogenated alkanes) is 3. The molecule has 1 aliphatic heterocycles. The van der Waals surface area contributed by atoms with E-state index >= 15 is 0 Å². The number of nitrogens with one attached hydrogen (secondary N) is 3. The normalized spacial score (nSPS) is 14.8. The number of Topliss-reactive ketones (excluding diaryl/α,β-unsaturated/α-hetero) is 1. The Labute approximate surface area is 551 Å². The first-order valence-corrected chi connectivity index (χ1v) is 32.5. The van der Waals surface area contributed by atoms with E-state index in [0.29, 0.717) is 48.5 Å². The summed E-state index contributed by atoms with van der Waals surface area (Å²) in [5.74, 6) is -4.02. The highest BCUT2D eigenvalue weighted by Gasteiger charge is 2.45. The number of benzene rings is 4. The van der Waals surface area contributed by atoms with Crippen LogP contribution in [0, 0.1) is 12.5 Å². The van der Waals surface area contributed by atoms with Gasteiger partial charge in [0.2, 0.25) is 24.3 Å². The summed E-state index contributed by atoms with van der Waals surface area (Å²) in [5.41, 5.74) is -0.741. The molecule has 4 atom stereocenters. The first-order chi connectivity index (χ1) is 45.4. The fourth-order valence-corrected chi connectivity index (χ4v) is 12.7. The molecule has 4 amide bonds. The van der Waals surface area contributed by atoms with Crippen LogP contribution in [0.2, 0.25) is 0 Å². The number of ether oxygens (including phenoxy) is 4. The number of methoxy groups -OCH3 is 3. The zero-order chi connectivity index (χ0) is 69.0. The molecular formula is C68H82F3N10O13P. The maximum Gasteiger partial charge on any atom is 0.471 e. The van der Waals surface area contributed by atoms with E-state index in [4.69, 9.17) is 34.6 Å². The van der Waals surface area contributed by atoms with E-state index in [1.807, 2.05) is 83.8 Å². The largest absolute Gasteiger partial charge is 0.497 e. The lowest BCUT2D eigenvalue weighted by atomic mass is 9.80. The molecule has 2 aromatic heterocycles. The van der Waals surface area contributed by atoms with Crippen molar-refractivity contribution in [3.8, 4) is 11.5 Å². The van der Waals surface area contributed by atoms with Gasteiger partial charge in [-0.25, -0.2) is 26.0 Å². The lowest BCUT2D eigenvalue weighted by Crippen LogP contribution is -2.42. The quantitative estimate of drug-likeness (QED) is 0.0111.